The molecule has 3 aromatic carbocycles. The number of carbonyl (C=O) groups excluding carboxylic acids is 2. The fourth-order valence-electron chi connectivity index (χ4n) is 3.86. The second-order valence-electron chi connectivity index (χ2n) is 8.05. The molecule has 4 aromatic rings. The highest BCUT2D eigenvalue weighted by molar-refractivity contribution is 6.16. The van der Waals surface area contributed by atoms with Crippen molar-refractivity contribution in [1.82, 2.24) is 9.88 Å². The molecule has 34 heavy (non-hydrogen) atoms. The Labute approximate surface area is 196 Å². The Balaban J connectivity index is 1.58. The second-order valence-corrected chi connectivity index (χ2v) is 8.05. The number of allylic oxidation sites excluding steroid dienone is 1. The first-order chi connectivity index (χ1) is 16.4. The molecule has 0 bridgehead atoms. The third kappa shape index (κ3) is 3.77. The lowest BCUT2D eigenvalue weighted by Gasteiger charge is -2.10. The summed E-state index contributed by atoms with van der Waals surface area (Å²) in [6, 6.07) is 20.4. The number of ketones is 1. The van der Waals surface area contributed by atoms with E-state index in [-0.39, 0.29) is 11.5 Å². The van der Waals surface area contributed by atoms with E-state index < -0.39 is 6.09 Å². The molecule has 5 rings (SSSR count). The quantitative estimate of drug-likeness (QED) is 0.411. The molecule has 0 saturated heterocycles. The first-order valence-corrected chi connectivity index (χ1v) is 10.7. The van der Waals surface area contributed by atoms with E-state index in [9.17, 15) is 9.59 Å². The van der Waals surface area contributed by atoms with Crippen LogP contribution >= 0.6 is 0 Å². The average Bonchev–Trinajstić information content (AvgIpc) is 3.36. The van der Waals surface area contributed by atoms with E-state index in [0.717, 1.165) is 27.7 Å². The summed E-state index contributed by atoms with van der Waals surface area (Å²) in [5.41, 5.74) is 3.98. The zero-order valence-corrected chi connectivity index (χ0v) is 18.9. The van der Waals surface area contributed by atoms with Crippen molar-refractivity contribution in [3.05, 3.63) is 83.6 Å². The van der Waals surface area contributed by atoms with Gasteiger partial charge in [0.05, 0.1) is 18.4 Å². The number of aromatic nitrogens is 1. The van der Waals surface area contributed by atoms with Gasteiger partial charge in [0.2, 0.25) is 5.78 Å². The van der Waals surface area contributed by atoms with Crippen LogP contribution in [0.3, 0.4) is 0 Å². The number of benzene rings is 3. The van der Waals surface area contributed by atoms with Crippen molar-refractivity contribution in [3.8, 4) is 28.5 Å². The van der Waals surface area contributed by atoms with Gasteiger partial charge in [-0.3, -0.25) is 4.79 Å². The van der Waals surface area contributed by atoms with Gasteiger partial charge < -0.3 is 24.1 Å². The van der Waals surface area contributed by atoms with Crippen LogP contribution in [0.15, 0.2) is 72.5 Å². The Morgan fingerprint density at radius 2 is 1.76 bits per heavy atom. The molecule has 170 valence electrons. The van der Waals surface area contributed by atoms with E-state index in [4.69, 9.17) is 14.2 Å². The van der Waals surface area contributed by atoms with Crippen molar-refractivity contribution >= 4 is 28.9 Å². The first kappa shape index (κ1) is 21.3. The molecule has 1 aliphatic rings. The molecule has 2 heterocycles. The van der Waals surface area contributed by atoms with Crippen LogP contribution in [0.2, 0.25) is 0 Å². The maximum atomic E-state index is 13.1. The van der Waals surface area contributed by atoms with Gasteiger partial charge in [-0.05, 0) is 42.0 Å². The van der Waals surface area contributed by atoms with Crippen molar-refractivity contribution in [2.24, 2.45) is 0 Å². The highest BCUT2D eigenvalue weighted by Gasteiger charge is 2.29. The van der Waals surface area contributed by atoms with Gasteiger partial charge in [0.25, 0.3) is 0 Å². The van der Waals surface area contributed by atoms with E-state index in [1.165, 1.54) is 4.90 Å². The normalized spacial score (nSPS) is 13.6. The summed E-state index contributed by atoms with van der Waals surface area (Å²) >= 11 is 0. The van der Waals surface area contributed by atoms with Crippen LogP contribution in [0.1, 0.15) is 15.9 Å². The molecule has 1 aliphatic heterocycles. The number of nitrogens with zero attached hydrogens (tertiary/aromatic N) is 1. The number of amides is 1. The second kappa shape index (κ2) is 8.44. The molecular formula is C27H22N2O5. The fraction of sp³-hybridized carbons (Fsp3) is 0.111. The molecule has 0 aliphatic carbocycles. The molecule has 1 amide bonds. The molecule has 7 heteroatoms. The van der Waals surface area contributed by atoms with Crippen LogP contribution < -0.4 is 14.2 Å². The van der Waals surface area contributed by atoms with Gasteiger partial charge in [-0.25, -0.2) is 4.79 Å². The molecule has 0 radical (unpaired) electrons. The van der Waals surface area contributed by atoms with Crippen LogP contribution in [0.25, 0.3) is 28.2 Å². The largest absolute Gasteiger partial charge is 0.497 e. The summed E-state index contributed by atoms with van der Waals surface area (Å²) in [6.07, 6.45) is 1.23. The van der Waals surface area contributed by atoms with E-state index in [1.54, 1.807) is 45.5 Å². The lowest BCUT2D eigenvalue weighted by Crippen LogP contribution is -2.25. The van der Waals surface area contributed by atoms with Gasteiger partial charge in [0.15, 0.2) is 5.76 Å². The van der Waals surface area contributed by atoms with Crippen molar-refractivity contribution in [2.75, 3.05) is 21.2 Å². The number of fused-ring (bicyclic) bond motifs is 2. The average molecular weight is 454 g/mol. The summed E-state index contributed by atoms with van der Waals surface area (Å²) in [4.78, 5) is 29.8. The predicted molar refractivity (Wildman–Crippen MR) is 129 cm³/mol. The minimum atomic E-state index is -0.514. The number of aromatic amines is 1. The van der Waals surface area contributed by atoms with Gasteiger partial charge in [-0.2, -0.15) is 0 Å². The Kier molecular flexibility index (Phi) is 5.30. The SMILES string of the molecule is COc1ccc2[nH]c(-c3ccccc3)c(/C=C3\Oc4cc(OC(=O)N(C)C)ccc4C3=O)c2c1. The molecule has 0 unspecified atom stereocenters. The Hall–Kier alpha value is -4.52. The topological polar surface area (TPSA) is 80.9 Å². The minimum Gasteiger partial charge on any atom is -0.497 e. The van der Waals surface area contributed by atoms with Crippen molar-refractivity contribution in [2.45, 2.75) is 0 Å². The zero-order valence-electron chi connectivity index (χ0n) is 18.9. The molecular weight excluding hydrogens is 432 g/mol. The number of rotatable bonds is 4. The van der Waals surface area contributed by atoms with Crippen molar-refractivity contribution < 1.29 is 23.8 Å². The number of carbonyl (C=O) groups is 2. The molecule has 1 aromatic heterocycles. The zero-order chi connectivity index (χ0) is 23.8. The lowest BCUT2D eigenvalue weighted by molar-refractivity contribution is 0.101. The van der Waals surface area contributed by atoms with Crippen molar-refractivity contribution in [1.29, 1.82) is 0 Å². The summed E-state index contributed by atoms with van der Waals surface area (Å²) in [5, 5.41) is 0.902. The summed E-state index contributed by atoms with van der Waals surface area (Å²) in [7, 11) is 4.80. The number of hydrogen-bond acceptors (Lipinski definition) is 5. The minimum absolute atomic E-state index is 0.187. The lowest BCUT2D eigenvalue weighted by atomic mass is 10.0. The fourth-order valence-corrected chi connectivity index (χ4v) is 3.86. The van der Waals surface area contributed by atoms with Crippen LogP contribution in [0, 0.1) is 0 Å². The smallest absolute Gasteiger partial charge is 0.414 e. The van der Waals surface area contributed by atoms with Gasteiger partial charge in [0.1, 0.15) is 17.2 Å². The van der Waals surface area contributed by atoms with E-state index >= 15 is 0 Å². The van der Waals surface area contributed by atoms with Crippen LogP contribution in [0.5, 0.6) is 17.2 Å². The first-order valence-electron chi connectivity index (χ1n) is 10.7. The van der Waals surface area contributed by atoms with Crippen LogP contribution in [0.4, 0.5) is 4.79 Å². The third-order valence-corrected chi connectivity index (χ3v) is 5.60. The Morgan fingerprint density at radius 3 is 2.50 bits per heavy atom. The van der Waals surface area contributed by atoms with Crippen molar-refractivity contribution in [3.63, 3.8) is 0 Å². The predicted octanol–water partition coefficient (Wildman–Crippen LogP) is 5.52. The standard InChI is InChI=1S/C27H22N2O5/c1-29(2)27(31)33-18-9-11-19-23(14-18)34-24(26(19)30)15-21-20-13-17(32-3)10-12-22(20)28-25(21)16-7-5-4-6-8-16/h4-15,28H,1-3H3/b24-15-. The molecule has 7 nitrogen and oxygen atoms in total. The third-order valence-electron chi connectivity index (χ3n) is 5.60. The summed E-state index contributed by atoms with van der Waals surface area (Å²) in [6.45, 7) is 0. The number of methoxy groups -OCH3 is 1. The molecule has 0 saturated carbocycles. The Bertz CT molecular complexity index is 1450. The number of H-pyrrole nitrogens is 1. The van der Waals surface area contributed by atoms with Gasteiger partial charge in [0, 0.05) is 36.6 Å². The molecule has 0 spiro atoms. The van der Waals surface area contributed by atoms with Crippen LogP contribution in [-0.4, -0.2) is 43.0 Å². The van der Waals surface area contributed by atoms with Crippen LogP contribution in [-0.2, 0) is 0 Å². The van der Waals surface area contributed by atoms with Gasteiger partial charge in [-0.15, -0.1) is 0 Å². The number of Topliss-reactive ketones (excluding diaryl/α,β-unsaturated/α-hetero) is 1. The highest BCUT2D eigenvalue weighted by Crippen LogP contribution is 2.38. The maximum Gasteiger partial charge on any atom is 0.414 e. The molecule has 0 fully saturated rings. The number of hydrogen-bond donors (Lipinski definition) is 1. The summed E-state index contributed by atoms with van der Waals surface area (Å²) in [5.74, 6) is 1.30. The Morgan fingerprint density at radius 1 is 1.00 bits per heavy atom. The monoisotopic (exact) mass is 454 g/mol. The van der Waals surface area contributed by atoms with Gasteiger partial charge >= 0.3 is 6.09 Å². The number of ether oxygens (including phenoxy) is 3. The molecule has 1 N–H and O–H groups in total. The highest BCUT2D eigenvalue weighted by atomic mass is 16.6. The molecule has 0 atom stereocenters. The van der Waals surface area contributed by atoms with E-state index in [1.807, 2.05) is 48.5 Å². The van der Waals surface area contributed by atoms with Gasteiger partial charge in [-0.1, -0.05) is 30.3 Å². The number of nitrogens with one attached hydrogen (secondary N) is 1. The van der Waals surface area contributed by atoms with E-state index in [0.29, 0.717) is 22.8 Å². The van der Waals surface area contributed by atoms with E-state index in [2.05, 4.69) is 4.98 Å². The summed E-state index contributed by atoms with van der Waals surface area (Å²) < 4.78 is 16.6. The maximum absolute atomic E-state index is 13.1.